The van der Waals surface area contributed by atoms with Crippen molar-refractivity contribution in [3.63, 3.8) is 0 Å². The first kappa shape index (κ1) is 31.1. The number of esters is 1. The number of halogens is 2. The van der Waals surface area contributed by atoms with Gasteiger partial charge in [0, 0.05) is 25.6 Å². The number of carboxylic acid groups (broad SMARTS) is 1. The van der Waals surface area contributed by atoms with E-state index in [9.17, 15) is 24.9 Å². The lowest BCUT2D eigenvalue weighted by molar-refractivity contribution is 0.0243. The number of hydrogen-bond acceptors (Lipinski definition) is 5. The Balaban J connectivity index is 2.22. The summed E-state index contributed by atoms with van der Waals surface area (Å²) in [5, 5.41) is 32.8. The summed E-state index contributed by atoms with van der Waals surface area (Å²) in [4.78, 5) is 25.9. The van der Waals surface area contributed by atoms with Gasteiger partial charge in [0.15, 0.2) is 5.60 Å². The van der Waals surface area contributed by atoms with Crippen molar-refractivity contribution in [1.82, 2.24) is 0 Å². The third-order valence-corrected chi connectivity index (χ3v) is 9.61. The highest BCUT2D eigenvalue weighted by atomic mass is 79.9. The molecule has 8 heteroatoms. The number of cyclic esters (lactones) is 1. The number of rotatable bonds is 11. The molecule has 0 saturated heterocycles. The molecule has 0 fully saturated rings. The molecule has 0 spiro atoms. The normalized spacial score (nSPS) is 13.8. The summed E-state index contributed by atoms with van der Waals surface area (Å²) in [6.07, 6.45) is 5.99. The van der Waals surface area contributed by atoms with E-state index in [4.69, 9.17) is 4.74 Å². The maximum atomic E-state index is 13.7. The van der Waals surface area contributed by atoms with Gasteiger partial charge in [0.25, 0.3) is 0 Å². The minimum Gasteiger partial charge on any atom is -0.508 e. The van der Waals surface area contributed by atoms with Crippen molar-refractivity contribution in [3.05, 3.63) is 89.3 Å². The number of hydrogen-bond donors (Lipinski definition) is 3. The smallest absolute Gasteiger partial charge is 0.341 e. The fourth-order valence-electron chi connectivity index (χ4n) is 6.10. The first-order valence-electron chi connectivity index (χ1n) is 14.3. The molecule has 218 valence electrons. The van der Waals surface area contributed by atoms with Crippen LogP contribution in [0.15, 0.2) is 39.3 Å². The standard InChI is InChI=1S/C33H36Br2O6/c1-5-10-18-20(12-7-3)29(34)24(16-26(18)36)33(23-15-9-14-22(31(38)39)28(23)32(40)41-33)25-17-27(37)19(11-6-2)21(13-8-4)30(25)35/h9,14-17,36-37H,5-8,10-13H2,1-4H3,(H,38,39). The topological polar surface area (TPSA) is 104 Å². The largest absolute Gasteiger partial charge is 0.508 e. The average Bonchev–Trinajstić information content (AvgIpc) is 3.24. The van der Waals surface area contributed by atoms with E-state index in [1.807, 2.05) is 13.8 Å². The Kier molecular flexibility index (Phi) is 9.54. The predicted octanol–water partition coefficient (Wildman–Crippen LogP) is 8.59. The highest BCUT2D eigenvalue weighted by molar-refractivity contribution is 9.11. The molecule has 0 bridgehead atoms. The molecule has 0 atom stereocenters. The number of ether oxygens (including phenoxy) is 1. The van der Waals surface area contributed by atoms with Crippen LogP contribution in [-0.2, 0) is 36.0 Å². The van der Waals surface area contributed by atoms with Crippen molar-refractivity contribution in [1.29, 1.82) is 0 Å². The lowest BCUT2D eigenvalue weighted by atomic mass is 9.76. The summed E-state index contributed by atoms with van der Waals surface area (Å²) in [5.41, 5.74) is 2.93. The van der Waals surface area contributed by atoms with Crippen molar-refractivity contribution in [3.8, 4) is 11.5 Å². The van der Waals surface area contributed by atoms with Crippen molar-refractivity contribution in [2.45, 2.75) is 84.7 Å². The highest BCUT2D eigenvalue weighted by Gasteiger charge is 2.53. The Hall–Kier alpha value is -2.84. The zero-order valence-electron chi connectivity index (χ0n) is 23.9. The van der Waals surface area contributed by atoms with Gasteiger partial charge in [-0.3, -0.25) is 0 Å². The Morgan fingerprint density at radius 3 is 1.61 bits per heavy atom. The number of fused-ring (bicyclic) bond motifs is 1. The van der Waals surface area contributed by atoms with Crippen LogP contribution in [0.1, 0.15) is 113 Å². The summed E-state index contributed by atoms with van der Waals surface area (Å²) in [7, 11) is 0. The molecule has 3 N–H and O–H groups in total. The molecule has 3 aromatic rings. The van der Waals surface area contributed by atoms with Gasteiger partial charge in [0.2, 0.25) is 0 Å². The van der Waals surface area contributed by atoms with Gasteiger partial charge >= 0.3 is 11.9 Å². The second-order valence-electron chi connectivity index (χ2n) is 10.5. The van der Waals surface area contributed by atoms with Gasteiger partial charge in [-0.2, -0.15) is 0 Å². The summed E-state index contributed by atoms with van der Waals surface area (Å²) in [5.74, 6) is -1.85. The first-order valence-corrected chi connectivity index (χ1v) is 15.8. The molecular weight excluding hydrogens is 652 g/mol. The van der Waals surface area contributed by atoms with E-state index in [-0.39, 0.29) is 22.6 Å². The molecule has 0 aromatic heterocycles. The molecule has 0 amide bonds. The van der Waals surface area contributed by atoms with Gasteiger partial charge in [-0.05, 0) is 66.1 Å². The van der Waals surface area contributed by atoms with E-state index in [1.165, 1.54) is 6.07 Å². The summed E-state index contributed by atoms with van der Waals surface area (Å²) < 4.78 is 7.70. The van der Waals surface area contributed by atoms with Crippen LogP contribution in [0.3, 0.4) is 0 Å². The zero-order valence-corrected chi connectivity index (χ0v) is 27.0. The summed E-state index contributed by atoms with van der Waals surface area (Å²) >= 11 is 7.67. The molecule has 6 nitrogen and oxygen atoms in total. The molecule has 1 heterocycles. The third-order valence-electron chi connectivity index (χ3n) is 7.79. The molecule has 41 heavy (non-hydrogen) atoms. The highest BCUT2D eigenvalue weighted by Crippen LogP contribution is 2.55. The maximum absolute atomic E-state index is 13.7. The number of phenolic OH excluding ortho intramolecular Hbond substituents is 2. The van der Waals surface area contributed by atoms with Crippen LogP contribution in [0.2, 0.25) is 0 Å². The van der Waals surface area contributed by atoms with E-state index < -0.39 is 17.5 Å². The van der Waals surface area contributed by atoms with Crippen molar-refractivity contribution >= 4 is 43.8 Å². The van der Waals surface area contributed by atoms with Crippen LogP contribution in [0.25, 0.3) is 0 Å². The number of aromatic carboxylic acids is 1. The number of aromatic hydroxyl groups is 2. The number of benzene rings is 3. The number of carboxylic acids is 1. The summed E-state index contributed by atoms with van der Waals surface area (Å²) in [6, 6.07) is 7.91. The molecule has 4 rings (SSSR count). The number of phenols is 2. The maximum Gasteiger partial charge on any atom is 0.341 e. The van der Waals surface area contributed by atoms with Gasteiger partial charge in [-0.25, -0.2) is 9.59 Å². The Labute approximate surface area is 258 Å². The number of carbonyl (C=O) groups excluding carboxylic acids is 1. The minimum absolute atomic E-state index is 0.0397. The fraction of sp³-hybridized carbons (Fsp3) is 0.394. The van der Waals surface area contributed by atoms with Crippen LogP contribution in [0.4, 0.5) is 0 Å². The number of carbonyl (C=O) groups is 2. The lowest BCUT2D eigenvalue weighted by Crippen LogP contribution is -2.31. The third kappa shape index (κ3) is 5.18. The fourth-order valence-corrected chi connectivity index (χ4v) is 7.76. The molecule has 1 aliphatic rings. The SMILES string of the molecule is CCCc1c(O)cc(C2(c3cc(O)c(CCC)c(CCC)c3Br)OC(=O)c3c(C(=O)O)cccc32)c(Br)c1CCC. The second-order valence-corrected chi connectivity index (χ2v) is 12.1. The van der Waals surface area contributed by atoms with E-state index in [1.54, 1.807) is 24.3 Å². The molecule has 0 radical (unpaired) electrons. The van der Waals surface area contributed by atoms with Crippen molar-refractivity contribution in [2.75, 3.05) is 0 Å². The van der Waals surface area contributed by atoms with E-state index in [2.05, 4.69) is 45.7 Å². The zero-order chi connectivity index (χ0) is 30.1. The first-order chi connectivity index (χ1) is 19.6. The van der Waals surface area contributed by atoms with Gasteiger partial charge in [0.05, 0.1) is 11.1 Å². The summed E-state index contributed by atoms with van der Waals surface area (Å²) in [6.45, 7) is 8.22. The van der Waals surface area contributed by atoms with Crippen molar-refractivity contribution in [2.24, 2.45) is 0 Å². The Morgan fingerprint density at radius 2 is 1.20 bits per heavy atom. The van der Waals surface area contributed by atoms with Gasteiger partial charge in [-0.15, -0.1) is 0 Å². The average molecular weight is 688 g/mol. The van der Waals surface area contributed by atoms with Crippen LogP contribution in [0, 0.1) is 0 Å². The van der Waals surface area contributed by atoms with Crippen LogP contribution in [-0.4, -0.2) is 27.3 Å². The van der Waals surface area contributed by atoms with Gasteiger partial charge in [-0.1, -0.05) is 97.4 Å². The Morgan fingerprint density at radius 1 is 0.756 bits per heavy atom. The quantitative estimate of drug-likeness (QED) is 0.175. The van der Waals surface area contributed by atoms with Crippen LogP contribution >= 0.6 is 31.9 Å². The molecule has 0 saturated carbocycles. The Bertz CT molecular complexity index is 1440. The van der Waals surface area contributed by atoms with E-state index in [0.29, 0.717) is 51.3 Å². The van der Waals surface area contributed by atoms with Gasteiger partial charge < -0.3 is 20.1 Å². The monoisotopic (exact) mass is 686 g/mol. The molecule has 0 aliphatic carbocycles. The van der Waals surface area contributed by atoms with E-state index in [0.717, 1.165) is 47.9 Å². The van der Waals surface area contributed by atoms with Crippen molar-refractivity contribution < 1.29 is 29.6 Å². The second kappa shape index (κ2) is 12.6. The van der Waals surface area contributed by atoms with E-state index >= 15 is 0 Å². The molecule has 0 unspecified atom stereocenters. The van der Waals surface area contributed by atoms with Gasteiger partial charge in [0.1, 0.15) is 11.5 Å². The predicted molar refractivity (Wildman–Crippen MR) is 166 cm³/mol. The molecule has 3 aromatic carbocycles. The van der Waals surface area contributed by atoms with Crippen LogP contribution in [0.5, 0.6) is 11.5 Å². The lowest BCUT2D eigenvalue weighted by Gasteiger charge is -2.34. The molecular formula is C33H36Br2O6. The minimum atomic E-state index is -1.65. The molecule has 1 aliphatic heterocycles. The van der Waals surface area contributed by atoms with Crippen LogP contribution < -0.4 is 0 Å².